The molecule has 0 spiro atoms. The fraction of sp³-hybridized carbons (Fsp3) is 0.417. The second-order valence-electron chi connectivity index (χ2n) is 3.48. The van der Waals surface area contributed by atoms with E-state index in [0.29, 0.717) is 6.42 Å². The zero-order valence-electron chi connectivity index (χ0n) is 9.33. The van der Waals surface area contributed by atoms with E-state index in [0.717, 1.165) is 24.5 Å². The number of carbonyl (C=O) groups excluding carboxylic acids is 1. The molecule has 1 N–H and O–H groups in total. The minimum absolute atomic E-state index is 0.159. The molecule has 0 aliphatic heterocycles. The molecule has 0 unspecified atom stereocenters. The van der Waals surface area contributed by atoms with Crippen molar-refractivity contribution in [2.24, 2.45) is 0 Å². The molecule has 0 saturated carbocycles. The highest BCUT2D eigenvalue weighted by Gasteiger charge is 1.98. The third kappa shape index (κ3) is 5.14. The summed E-state index contributed by atoms with van der Waals surface area (Å²) in [6, 6.07) is 7.70. The summed E-state index contributed by atoms with van der Waals surface area (Å²) in [4.78, 5) is 10.8. The highest BCUT2D eigenvalue weighted by atomic mass is 35.5. The molecule has 0 bridgehead atoms. The Balaban J connectivity index is 2.11. The van der Waals surface area contributed by atoms with Crippen molar-refractivity contribution < 1.29 is 9.53 Å². The van der Waals surface area contributed by atoms with Crippen LogP contribution in [0.15, 0.2) is 24.3 Å². The van der Waals surface area contributed by atoms with Crippen LogP contribution in [0.3, 0.4) is 0 Å². The van der Waals surface area contributed by atoms with Gasteiger partial charge in [-0.1, -0.05) is 23.7 Å². The normalized spacial score (nSPS) is 10.1. The largest absolute Gasteiger partial charge is 0.469 e. The number of methoxy groups -OCH3 is 1. The fourth-order valence-corrected chi connectivity index (χ4v) is 1.42. The van der Waals surface area contributed by atoms with Gasteiger partial charge in [-0.05, 0) is 30.7 Å². The molecule has 0 amide bonds. The van der Waals surface area contributed by atoms with Gasteiger partial charge in [0, 0.05) is 18.0 Å². The molecule has 16 heavy (non-hydrogen) atoms. The number of hydrogen-bond donors (Lipinski definition) is 1. The second-order valence-corrected chi connectivity index (χ2v) is 3.92. The van der Waals surface area contributed by atoms with Crippen molar-refractivity contribution in [2.45, 2.75) is 19.4 Å². The molecule has 1 aromatic carbocycles. The SMILES string of the molecule is COC(=O)CCCNCc1ccc(Cl)cc1. The van der Waals surface area contributed by atoms with E-state index in [1.54, 1.807) is 0 Å². The van der Waals surface area contributed by atoms with Crippen molar-refractivity contribution in [1.29, 1.82) is 0 Å². The number of nitrogens with one attached hydrogen (secondary N) is 1. The van der Waals surface area contributed by atoms with E-state index < -0.39 is 0 Å². The van der Waals surface area contributed by atoms with Gasteiger partial charge in [0.2, 0.25) is 0 Å². The number of esters is 1. The van der Waals surface area contributed by atoms with Crippen LogP contribution in [0.25, 0.3) is 0 Å². The molecule has 0 radical (unpaired) electrons. The van der Waals surface area contributed by atoms with Crippen molar-refractivity contribution in [3.8, 4) is 0 Å². The predicted molar refractivity (Wildman–Crippen MR) is 64.4 cm³/mol. The summed E-state index contributed by atoms with van der Waals surface area (Å²) in [6.07, 6.45) is 1.25. The van der Waals surface area contributed by atoms with E-state index in [4.69, 9.17) is 11.6 Å². The maximum absolute atomic E-state index is 10.8. The van der Waals surface area contributed by atoms with E-state index in [1.165, 1.54) is 12.7 Å². The lowest BCUT2D eigenvalue weighted by Gasteiger charge is -2.04. The molecule has 4 heteroatoms. The Morgan fingerprint density at radius 2 is 2.06 bits per heavy atom. The zero-order chi connectivity index (χ0) is 11.8. The van der Waals surface area contributed by atoms with Crippen molar-refractivity contribution >= 4 is 17.6 Å². The lowest BCUT2D eigenvalue weighted by molar-refractivity contribution is -0.140. The third-order valence-corrected chi connectivity index (χ3v) is 2.46. The molecule has 0 heterocycles. The van der Waals surface area contributed by atoms with Crippen molar-refractivity contribution in [2.75, 3.05) is 13.7 Å². The van der Waals surface area contributed by atoms with Crippen LogP contribution in [-0.2, 0) is 16.1 Å². The monoisotopic (exact) mass is 241 g/mol. The Bertz CT molecular complexity index is 324. The van der Waals surface area contributed by atoms with Gasteiger partial charge in [0.05, 0.1) is 7.11 Å². The Hall–Kier alpha value is -1.06. The summed E-state index contributed by atoms with van der Waals surface area (Å²) in [5.74, 6) is -0.159. The minimum Gasteiger partial charge on any atom is -0.469 e. The van der Waals surface area contributed by atoms with Crippen molar-refractivity contribution in [3.05, 3.63) is 34.9 Å². The molecule has 1 rings (SSSR count). The molecule has 0 aromatic heterocycles. The zero-order valence-corrected chi connectivity index (χ0v) is 10.1. The van der Waals surface area contributed by atoms with Gasteiger partial charge in [-0.25, -0.2) is 0 Å². The summed E-state index contributed by atoms with van der Waals surface area (Å²) in [5, 5.41) is 3.99. The molecule has 0 aliphatic rings. The van der Waals surface area contributed by atoms with Crippen LogP contribution in [0.1, 0.15) is 18.4 Å². The standard InChI is InChI=1S/C12H16ClNO2/c1-16-12(15)3-2-8-14-9-10-4-6-11(13)7-5-10/h4-7,14H,2-3,8-9H2,1H3. The number of halogens is 1. The summed E-state index contributed by atoms with van der Waals surface area (Å²) < 4.78 is 4.55. The number of rotatable bonds is 6. The second kappa shape index (κ2) is 7.25. The predicted octanol–water partition coefficient (Wildman–Crippen LogP) is 2.38. The fourth-order valence-electron chi connectivity index (χ4n) is 1.29. The molecule has 0 saturated heterocycles. The average molecular weight is 242 g/mol. The third-order valence-electron chi connectivity index (χ3n) is 2.20. The van der Waals surface area contributed by atoms with Gasteiger partial charge < -0.3 is 10.1 Å². The molecular formula is C12H16ClNO2. The molecule has 0 fully saturated rings. The average Bonchev–Trinajstić information content (AvgIpc) is 2.31. The van der Waals surface area contributed by atoms with Gasteiger partial charge in [-0.2, -0.15) is 0 Å². The van der Waals surface area contributed by atoms with E-state index in [9.17, 15) is 4.79 Å². The first-order chi connectivity index (χ1) is 7.72. The molecule has 88 valence electrons. The lowest BCUT2D eigenvalue weighted by atomic mass is 10.2. The van der Waals surface area contributed by atoms with Crippen LogP contribution < -0.4 is 5.32 Å². The Kier molecular flexibility index (Phi) is 5.90. The first-order valence-electron chi connectivity index (χ1n) is 5.24. The Labute approximate surface area is 101 Å². The summed E-state index contributed by atoms with van der Waals surface area (Å²) in [6.45, 7) is 1.59. The smallest absolute Gasteiger partial charge is 0.305 e. The Morgan fingerprint density at radius 3 is 2.69 bits per heavy atom. The number of ether oxygens (including phenoxy) is 1. The molecule has 3 nitrogen and oxygen atoms in total. The van der Waals surface area contributed by atoms with E-state index in [2.05, 4.69) is 10.1 Å². The van der Waals surface area contributed by atoms with Gasteiger partial charge in [-0.3, -0.25) is 4.79 Å². The quantitative estimate of drug-likeness (QED) is 0.614. The number of hydrogen-bond acceptors (Lipinski definition) is 3. The summed E-state index contributed by atoms with van der Waals surface area (Å²) in [7, 11) is 1.41. The highest BCUT2D eigenvalue weighted by molar-refractivity contribution is 6.30. The van der Waals surface area contributed by atoms with Gasteiger partial charge in [-0.15, -0.1) is 0 Å². The van der Waals surface area contributed by atoms with Crippen LogP contribution in [0, 0.1) is 0 Å². The topological polar surface area (TPSA) is 38.3 Å². The van der Waals surface area contributed by atoms with Gasteiger partial charge in [0.25, 0.3) is 0 Å². The number of carbonyl (C=O) groups is 1. The molecular weight excluding hydrogens is 226 g/mol. The van der Waals surface area contributed by atoms with Crippen molar-refractivity contribution in [3.63, 3.8) is 0 Å². The maximum Gasteiger partial charge on any atom is 0.305 e. The summed E-state index contributed by atoms with van der Waals surface area (Å²) >= 11 is 5.77. The molecule has 0 atom stereocenters. The summed E-state index contributed by atoms with van der Waals surface area (Å²) in [5.41, 5.74) is 1.18. The van der Waals surface area contributed by atoms with Gasteiger partial charge in [0.1, 0.15) is 0 Å². The number of benzene rings is 1. The van der Waals surface area contributed by atoms with Crippen LogP contribution in [0.4, 0.5) is 0 Å². The molecule has 0 aliphatic carbocycles. The molecule has 1 aromatic rings. The first kappa shape index (κ1) is 13.0. The van der Waals surface area contributed by atoms with Crippen molar-refractivity contribution in [1.82, 2.24) is 5.32 Å². The highest BCUT2D eigenvalue weighted by Crippen LogP contribution is 2.09. The van der Waals surface area contributed by atoms with Crippen LogP contribution in [0.5, 0.6) is 0 Å². The van der Waals surface area contributed by atoms with Crippen LogP contribution in [0.2, 0.25) is 5.02 Å². The van der Waals surface area contributed by atoms with Crippen LogP contribution >= 0.6 is 11.6 Å². The minimum atomic E-state index is -0.159. The van der Waals surface area contributed by atoms with E-state index >= 15 is 0 Å². The lowest BCUT2D eigenvalue weighted by Crippen LogP contribution is -2.16. The van der Waals surface area contributed by atoms with Crippen LogP contribution in [-0.4, -0.2) is 19.6 Å². The maximum atomic E-state index is 10.8. The van der Waals surface area contributed by atoms with Gasteiger partial charge >= 0.3 is 5.97 Å². The Morgan fingerprint density at radius 1 is 1.38 bits per heavy atom. The van der Waals surface area contributed by atoms with E-state index in [1.807, 2.05) is 24.3 Å². The first-order valence-corrected chi connectivity index (χ1v) is 5.62. The van der Waals surface area contributed by atoms with Gasteiger partial charge in [0.15, 0.2) is 0 Å². The van der Waals surface area contributed by atoms with E-state index in [-0.39, 0.29) is 5.97 Å².